The van der Waals surface area contributed by atoms with E-state index >= 15 is 0 Å². The molecule has 0 radical (unpaired) electrons. The topological polar surface area (TPSA) is 58.3 Å². The Balaban J connectivity index is 1.63. The van der Waals surface area contributed by atoms with Gasteiger partial charge in [0.05, 0.1) is 5.69 Å². The van der Waals surface area contributed by atoms with Crippen molar-refractivity contribution in [2.24, 2.45) is 0 Å². The largest absolute Gasteiger partial charge is 0.361 e. The molecule has 0 bridgehead atoms. The van der Waals surface area contributed by atoms with Gasteiger partial charge in [-0.2, -0.15) is 0 Å². The van der Waals surface area contributed by atoms with Crippen LogP contribution in [0.2, 0.25) is 5.15 Å². The fourth-order valence-corrected chi connectivity index (χ4v) is 2.98. The Morgan fingerprint density at radius 3 is 2.45 bits per heavy atom. The highest BCUT2D eigenvalue weighted by Gasteiger charge is 2.21. The van der Waals surface area contributed by atoms with Crippen LogP contribution in [0.1, 0.15) is 22.8 Å². The summed E-state index contributed by atoms with van der Waals surface area (Å²) in [6.45, 7) is 10.5. The molecule has 7 heteroatoms. The second kappa shape index (κ2) is 6.22. The predicted molar refractivity (Wildman–Crippen MR) is 85.2 cm³/mol. The van der Waals surface area contributed by atoms with Gasteiger partial charge in [0, 0.05) is 44.4 Å². The third-order valence-electron chi connectivity index (χ3n) is 4.05. The summed E-state index contributed by atoms with van der Waals surface area (Å²) in [5.41, 5.74) is 2.19. The molecule has 3 heterocycles. The lowest BCUT2D eigenvalue weighted by atomic mass is 10.2. The Morgan fingerprint density at radius 1 is 1.14 bits per heavy atom. The van der Waals surface area contributed by atoms with Crippen molar-refractivity contribution >= 4 is 17.4 Å². The molecule has 0 spiro atoms. The van der Waals surface area contributed by atoms with Gasteiger partial charge in [0.2, 0.25) is 0 Å². The molecule has 1 fully saturated rings. The van der Waals surface area contributed by atoms with E-state index in [1.54, 1.807) is 0 Å². The van der Waals surface area contributed by atoms with Gasteiger partial charge >= 0.3 is 0 Å². The summed E-state index contributed by atoms with van der Waals surface area (Å²) in [7, 11) is 0. The zero-order chi connectivity index (χ0) is 15.7. The Kier molecular flexibility index (Phi) is 4.31. The van der Waals surface area contributed by atoms with Crippen LogP contribution in [0.15, 0.2) is 10.6 Å². The van der Waals surface area contributed by atoms with Crippen LogP contribution in [-0.4, -0.2) is 46.2 Å². The number of aryl methyl sites for hydroxylation is 3. The van der Waals surface area contributed by atoms with E-state index in [-0.39, 0.29) is 0 Å². The van der Waals surface area contributed by atoms with E-state index in [9.17, 15) is 0 Å². The molecule has 22 heavy (non-hydrogen) atoms. The smallest absolute Gasteiger partial charge is 0.138 e. The normalized spacial score (nSPS) is 16.3. The van der Waals surface area contributed by atoms with Gasteiger partial charge in [0.25, 0.3) is 0 Å². The number of piperazine rings is 1. The first-order valence-corrected chi connectivity index (χ1v) is 7.81. The first-order valence-electron chi connectivity index (χ1n) is 7.43. The summed E-state index contributed by atoms with van der Waals surface area (Å²) >= 11 is 6.02. The molecule has 0 unspecified atom stereocenters. The lowest BCUT2D eigenvalue weighted by Gasteiger charge is -2.35. The highest BCUT2D eigenvalue weighted by molar-refractivity contribution is 6.29. The quantitative estimate of drug-likeness (QED) is 0.809. The van der Waals surface area contributed by atoms with E-state index in [4.69, 9.17) is 16.1 Å². The van der Waals surface area contributed by atoms with Crippen LogP contribution in [0.25, 0.3) is 0 Å². The second-order valence-corrected chi connectivity index (χ2v) is 6.05. The van der Waals surface area contributed by atoms with E-state index in [1.807, 2.05) is 26.8 Å². The van der Waals surface area contributed by atoms with Crippen LogP contribution in [0.5, 0.6) is 0 Å². The van der Waals surface area contributed by atoms with Gasteiger partial charge < -0.3 is 9.42 Å². The van der Waals surface area contributed by atoms with Gasteiger partial charge in [0.1, 0.15) is 22.6 Å². The van der Waals surface area contributed by atoms with Crippen molar-refractivity contribution in [2.45, 2.75) is 27.3 Å². The number of aromatic nitrogens is 3. The number of nitrogens with zero attached hydrogens (tertiary/aromatic N) is 5. The molecule has 118 valence electrons. The van der Waals surface area contributed by atoms with Gasteiger partial charge in [-0.25, -0.2) is 9.97 Å². The number of hydrogen-bond donors (Lipinski definition) is 0. The van der Waals surface area contributed by atoms with Gasteiger partial charge in [-0.1, -0.05) is 16.8 Å². The maximum absolute atomic E-state index is 6.02. The van der Waals surface area contributed by atoms with Crippen LogP contribution in [0, 0.1) is 20.8 Å². The molecule has 1 aliphatic heterocycles. The molecule has 0 N–H and O–H groups in total. The van der Waals surface area contributed by atoms with E-state index in [2.05, 4.69) is 24.9 Å². The standard InChI is InChI=1S/C15H20ClN5O/c1-10-13(11(2)22-19-10)9-20-4-6-21(7-5-20)15-8-14(16)17-12(3)18-15/h8H,4-7,9H2,1-3H3. The number of halogens is 1. The number of anilines is 1. The van der Waals surface area contributed by atoms with Gasteiger partial charge in [-0.3, -0.25) is 4.90 Å². The molecule has 1 saturated heterocycles. The van der Waals surface area contributed by atoms with Crippen molar-refractivity contribution in [1.29, 1.82) is 0 Å². The highest BCUT2D eigenvalue weighted by Crippen LogP contribution is 2.20. The summed E-state index contributed by atoms with van der Waals surface area (Å²) in [5, 5.41) is 4.52. The van der Waals surface area contributed by atoms with Crippen LogP contribution < -0.4 is 4.90 Å². The van der Waals surface area contributed by atoms with Gasteiger partial charge in [-0.05, 0) is 20.8 Å². The molecule has 0 saturated carbocycles. The molecule has 2 aromatic heterocycles. The minimum absolute atomic E-state index is 0.501. The molecule has 6 nitrogen and oxygen atoms in total. The fourth-order valence-electron chi connectivity index (χ4n) is 2.76. The summed E-state index contributed by atoms with van der Waals surface area (Å²) < 4.78 is 5.23. The molecule has 0 aliphatic carbocycles. The molecule has 0 aromatic carbocycles. The van der Waals surface area contributed by atoms with Crippen molar-refractivity contribution in [3.63, 3.8) is 0 Å². The Hall–Kier alpha value is -1.66. The number of hydrogen-bond acceptors (Lipinski definition) is 6. The zero-order valence-electron chi connectivity index (χ0n) is 13.1. The second-order valence-electron chi connectivity index (χ2n) is 5.66. The molecule has 1 aliphatic rings. The first kappa shape index (κ1) is 15.2. The highest BCUT2D eigenvalue weighted by atomic mass is 35.5. The first-order chi connectivity index (χ1) is 10.5. The van der Waals surface area contributed by atoms with Crippen molar-refractivity contribution in [1.82, 2.24) is 20.0 Å². The summed E-state index contributed by atoms with van der Waals surface area (Å²) in [6.07, 6.45) is 0. The molecule has 0 amide bonds. The van der Waals surface area contributed by atoms with Crippen LogP contribution in [0.3, 0.4) is 0 Å². The molecule has 3 rings (SSSR count). The van der Waals surface area contributed by atoms with Crippen molar-refractivity contribution < 1.29 is 4.52 Å². The maximum atomic E-state index is 6.02. The van der Waals surface area contributed by atoms with Crippen molar-refractivity contribution in [2.75, 3.05) is 31.1 Å². The van der Waals surface area contributed by atoms with Gasteiger partial charge in [-0.15, -0.1) is 0 Å². The van der Waals surface area contributed by atoms with E-state index in [0.29, 0.717) is 11.0 Å². The van der Waals surface area contributed by atoms with Gasteiger partial charge in [0.15, 0.2) is 0 Å². The average Bonchev–Trinajstić information content (AvgIpc) is 2.79. The Morgan fingerprint density at radius 2 is 1.86 bits per heavy atom. The predicted octanol–water partition coefficient (Wildman–Crippen LogP) is 2.37. The maximum Gasteiger partial charge on any atom is 0.138 e. The van der Waals surface area contributed by atoms with E-state index in [0.717, 1.165) is 50.0 Å². The third-order valence-corrected chi connectivity index (χ3v) is 4.25. The average molecular weight is 322 g/mol. The minimum Gasteiger partial charge on any atom is -0.361 e. The Labute approximate surface area is 135 Å². The molecule has 2 aromatic rings. The lowest BCUT2D eigenvalue weighted by molar-refractivity contribution is 0.247. The van der Waals surface area contributed by atoms with E-state index < -0.39 is 0 Å². The summed E-state index contributed by atoms with van der Waals surface area (Å²) in [6, 6.07) is 1.83. The Bertz CT molecular complexity index is 624. The van der Waals surface area contributed by atoms with Crippen molar-refractivity contribution in [3.05, 3.63) is 34.1 Å². The third kappa shape index (κ3) is 3.23. The SMILES string of the molecule is Cc1nc(Cl)cc(N2CCN(Cc3c(C)noc3C)CC2)n1. The number of rotatable bonds is 3. The monoisotopic (exact) mass is 321 g/mol. The van der Waals surface area contributed by atoms with Crippen LogP contribution in [0.4, 0.5) is 5.82 Å². The fraction of sp³-hybridized carbons (Fsp3) is 0.533. The minimum atomic E-state index is 0.501. The summed E-state index contributed by atoms with van der Waals surface area (Å²) in [4.78, 5) is 13.3. The molecule has 0 atom stereocenters. The van der Waals surface area contributed by atoms with Crippen LogP contribution in [-0.2, 0) is 6.54 Å². The van der Waals surface area contributed by atoms with E-state index in [1.165, 1.54) is 5.56 Å². The summed E-state index contributed by atoms with van der Waals surface area (Å²) in [5.74, 6) is 2.54. The molecular formula is C15H20ClN5O. The zero-order valence-corrected chi connectivity index (χ0v) is 13.9. The van der Waals surface area contributed by atoms with Crippen LogP contribution >= 0.6 is 11.6 Å². The van der Waals surface area contributed by atoms with Crippen molar-refractivity contribution in [3.8, 4) is 0 Å². The lowest BCUT2D eigenvalue weighted by Crippen LogP contribution is -2.46. The molecular weight excluding hydrogens is 302 g/mol.